The lowest BCUT2D eigenvalue weighted by atomic mass is 10.2. The largest absolute Gasteiger partial charge is 0.398 e. The van der Waals surface area contributed by atoms with Crippen LogP contribution in [-0.4, -0.2) is 4.98 Å². The molecule has 0 amide bonds. The van der Waals surface area contributed by atoms with Crippen molar-refractivity contribution >= 4 is 43.2 Å². The predicted molar refractivity (Wildman–Crippen MR) is 77.1 cm³/mol. The number of thiazole rings is 1. The molecule has 0 bridgehead atoms. The van der Waals surface area contributed by atoms with E-state index in [-0.39, 0.29) is 5.82 Å². The molecule has 1 aromatic heterocycles. The van der Waals surface area contributed by atoms with Gasteiger partial charge in [-0.25, -0.2) is 9.37 Å². The lowest BCUT2D eigenvalue weighted by Crippen LogP contribution is -1.86. The topological polar surface area (TPSA) is 38.9 Å². The molecule has 3 rings (SSSR count). The van der Waals surface area contributed by atoms with E-state index in [0.29, 0.717) is 5.69 Å². The number of hydrogen-bond donors (Lipinski definition) is 1. The van der Waals surface area contributed by atoms with Crippen LogP contribution < -0.4 is 5.73 Å². The maximum atomic E-state index is 13.1. The average molecular weight is 323 g/mol. The van der Waals surface area contributed by atoms with Crippen LogP contribution in [0.1, 0.15) is 0 Å². The van der Waals surface area contributed by atoms with Crippen molar-refractivity contribution in [1.82, 2.24) is 4.98 Å². The normalized spacial score (nSPS) is 11.0. The number of aromatic nitrogens is 1. The third-order valence-corrected chi connectivity index (χ3v) is 4.35. The lowest BCUT2D eigenvalue weighted by Gasteiger charge is -2.00. The fraction of sp³-hybridized carbons (Fsp3) is 0. The molecule has 3 aromatic rings. The fourth-order valence-electron chi connectivity index (χ4n) is 1.68. The minimum atomic E-state index is -0.240. The quantitative estimate of drug-likeness (QED) is 0.672. The highest BCUT2D eigenvalue weighted by Gasteiger charge is 2.08. The van der Waals surface area contributed by atoms with Crippen LogP contribution in [0.15, 0.2) is 40.9 Å². The SMILES string of the molecule is Nc1ccc(-c2nc3ccc(F)cc3s2)cc1Br. The van der Waals surface area contributed by atoms with Gasteiger partial charge in [0.2, 0.25) is 0 Å². The number of fused-ring (bicyclic) bond motifs is 1. The zero-order valence-electron chi connectivity index (χ0n) is 9.15. The Morgan fingerprint density at radius 1 is 1.17 bits per heavy atom. The third-order valence-electron chi connectivity index (χ3n) is 2.60. The summed E-state index contributed by atoms with van der Waals surface area (Å²) >= 11 is 4.86. The third kappa shape index (κ3) is 2.00. The number of anilines is 1. The summed E-state index contributed by atoms with van der Waals surface area (Å²) in [7, 11) is 0. The second-order valence-electron chi connectivity index (χ2n) is 3.87. The Labute approximate surface area is 115 Å². The average Bonchev–Trinajstić information content (AvgIpc) is 2.75. The maximum Gasteiger partial charge on any atom is 0.124 e. The van der Waals surface area contributed by atoms with Gasteiger partial charge in [0, 0.05) is 15.7 Å². The first-order valence-electron chi connectivity index (χ1n) is 5.25. The molecular weight excluding hydrogens is 315 g/mol. The standard InChI is InChI=1S/C13H8BrFN2S/c14-9-5-7(1-3-10(9)16)13-17-11-4-2-8(15)6-12(11)18-13/h1-6H,16H2. The monoisotopic (exact) mass is 322 g/mol. The van der Waals surface area contributed by atoms with Gasteiger partial charge < -0.3 is 5.73 Å². The summed E-state index contributed by atoms with van der Waals surface area (Å²) in [5.74, 6) is -0.240. The number of benzene rings is 2. The minimum absolute atomic E-state index is 0.240. The molecule has 2 N–H and O–H groups in total. The molecule has 0 atom stereocenters. The van der Waals surface area contributed by atoms with Crippen molar-refractivity contribution in [2.45, 2.75) is 0 Å². The second-order valence-corrected chi connectivity index (χ2v) is 5.75. The molecule has 0 saturated heterocycles. The molecule has 18 heavy (non-hydrogen) atoms. The van der Waals surface area contributed by atoms with Crippen LogP contribution in [0.2, 0.25) is 0 Å². The van der Waals surface area contributed by atoms with Crippen LogP contribution in [0.4, 0.5) is 10.1 Å². The summed E-state index contributed by atoms with van der Waals surface area (Å²) < 4.78 is 14.8. The van der Waals surface area contributed by atoms with Crippen LogP contribution in [0, 0.1) is 5.82 Å². The molecule has 0 aliphatic rings. The molecule has 0 fully saturated rings. The van der Waals surface area contributed by atoms with E-state index in [1.165, 1.54) is 23.5 Å². The summed E-state index contributed by atoms with van der Waals surface area (Å²) in [5.41, 5.74) is 8.21. The molecule has 0 saturated carbocycles. The molecule has 0 aliphatic heterocycles. The fourth-order valence-corrected chi connectivity index (χ4v) is 3.05. The van der Waals surface area contributed by atoms with E-state index >= 15 is 0 Å². The smallest absolute Gasteiger partial charge is 0.124 e. The molecular formula is C13H8BrFN2S. The molecule has 0 unspecified atom stereocenters. The van der Waals surface area contributed by atoms with Gasteiger partial charge >= 0.3 is 0 Å². The Morgan fingerprint density at radius 3 is 2.78 bits per heavy atom. The number of nitrogen functional groups attached to an aromatic ring is 1. The number of hydrogen-bond acceptors (Lipinski definition) is 3. The van der Waals surface area contributed by atoms with Gasteiger partial charge in [0.15, 0.2) is 0 Å². The maximum absolute atomic E-state index is 13.1. The van der Waals surface area contributed by atoms with Gasteiger partial charge in [-0.1, -0.05) is 0 Å². The van der Waals surface area contributed by atoms with Crippen molar-refractivity contribution in [1.29, 1.82) is 0 Å². The number of nitrogens with zero attached hydrogens (tertiary/aromatic N) is 1. The van der Waals surface area contributed by atoms with E-state index in [1.807, 2.05) is 18.2 Å². The Hall–Kier alpha value is -1.46. The van der Waals surface area contributed by atoms with E-state index in [2.05, 4.69) is 20.9 Å². The first-order chi connectivity index (χ1) is 8.63. The van der Waals surface area contributed by atoms with Gasteiger partial charge in [0.05, 0.1) is 10.2 Å². The lowest BCUT2D eigenvalue weighted by molar-refractivity contribution is 0.630. The van der Waals surface area contributed by atoms with E-state index in [9.17, 15) is 4.39 Å². The Morgan fingerprint density at radius 2 is 2.00 bits per heavy atom. The van der Waals surface area contributed by atoms with Crippen molar-refractivity contribution in [2.24, 2.45) is 0 Å². The van der Waals surface area contributed by atoms with Crippen molar-refractivity contribution in [3.63, 3.8) is 0 Å². The van der Waals surface area contributed by atoms with E-state index in [1.54, 1.807) is 6.07 Å². The molecule has 0 aliphatic carbocycles. The van der Waals surface area contributed by atoms with Crippen molar-refractivity contribution in [3.05, 3.63) is 46.7 Å². The summed E-state index contributed by atoms with van der Waals surface area (Å²) in [5, 5.41) is 0.858. The number of nitrogens with two attached hydrogens (primary N) is 1. The van der Waals surface area contributed by atoms with E-state index in [4.69, 9.17) is 5.73 Å². The highest BCUT2D eigenvalue weighted by Crippen LogP contribution is 2.33. The summed E-state index contributed by atoms with van der Waals surface area (Å²) in [6, 6.07) is 10.3. The Balaban J connectivity index is 2.16. The van der Waals surface area contributed by atoms with E-state index in [0.717, 1.165) is 25.3 Å². The van der Waals surface area contributed by atoms with Crippen LogP contribution in [0.25, 0.3) is 20.8 Å². The Bertz CT molecular complexity index is 739. The van der Waals surface area contributed by atoms with Crippen LogP contribution in [0.5, 0.6) is 0 Å². The number of halogens is 2. The van der Waals surface area contributed by atoms with Crippen LogP contribution in [0.3, 0.4) is 0 Å². The van der Waals surface area contributed by atoms with Crippen molar-refractivity contribution in [3.8, 4) is 10.6 Å². The second kappa shape index (κ2) is 4.33. The van der Waals surface area contributed by atoms with E-state index < -0.39 is 0 Å². The zero-order valence-corrected chi connectivity index (χ0v) is 11.6. The minimum Gasteiger partial charge on any atom is -0.398 e. The molecule has 2 aromatic carbocycles. The molecule has 0 radical (unpaired) electrons. The summed E-state index contributed by atoms with van der Waals surface area (Å²) in [6.45, 7) is 0. The van der Waals surface area contributed by atoms with Crippen molar-refractivity contribution < 1.29 is 4.39 Å². The van der Waals surface area contributed by atoms with Gasteiger partial charge in [-0.05, 0) is 52.3 Å². The molecule has 1 heterocycles. The highest BCUT2D eigenvalue weighted by molar-refractivity contribution is 9.10. The van der Waals surface area contributed by atoms with Crippen LogP contribution in [-0.2, 0) is 0 Å². The number of rotatable bonds is 1. The predicted octanol–water partition coefficient (Wildman–Crippen LogP) is 4.45. The Kier molecular flexibility index (Phi) is 2.80. The first-order valence-corrected chi connectivity index (χ1v) is 6.86. The highest BCUT2D eigenvalue weighted by atomic mass is 79.9. The van der Waals surface area contributed by atoms with Gasteiger partial charge in [-0.2, -0.15) is 0 Å². The van der Waals surface area contributed by atoms with Gasteiger partial charge in [-0.3, -0.25) is 0 Å². The molecule has 2 nitrogen and oxygen atoms in total. The van der Waals surface area contributed by atoms with Gasteiger partial charge in [-0.15, -0.1) is 11.3 Å². The molecule has 0 spiro atoms. The molecule has 5 heteroatoms. The first kappa shape index (κ1) is 11.6. The molecule has 90 valence electrons. The van der Waals surface area contributed by atoms with Gasteiger partial charge in [0.1, 0.15) is 10.8 Å². The summed E-state index contributed by atoms with van der Waals surface area (Å²) in [4.78, 5) is 4.49. The zero-order chi connectivity index (χ0) is 12.7. The van der Waals surface area contributed by atoms with Crippen molar-refractivity contribution in [2.75, 3.05) is 5.73 Å². The van der Waals surface area contributed by atoms with Crippen LogP contribution >= 0.6 is 27.3 Å². The summed E-state index contributed by atoms with van der Waals surface area (Å²) in [6.07, 6.45) is 0. The van der Waals surface area contributed by atoms with Gasteiger partial charge in [0.25, 0.3) is 0 Å².